The van der Waals surface area contributed by atoms with Crippen LogP contribution in [0.5, 0.6) is 0 Å². The summed E-state index contributed by atoms with van der Waals surface area (Å²) in [5.41, 5.74) is 0. The van der Waals surface area contributed by atoms with E-state index in [0.717, 1.165) is 108 Å². The quantitative estimate of drug-likeness (QED) is 0.0222. The van der Waals surface area contributed by atoms with Gasteiger partial charge >= 0.3 is 39.5 Å². The van der Waals surface area contributed by atoms with Crippen molar-refractivity contribution in [2.75, 3.05) is 39.6 Å². The van der Waals surface area contributed by atoms with Gasteiger partial charge in [0.25, 0.3) is 0 Å². The number of aliphatic hydroxyl groups excluding tert-OH is 1. The molecule has 0 aromatic heterocycles. The predicted molar refractivity (Wildman–Crippen MR) is 395 cm³/mol. The Kier molecular flexibility index (Phi) is 67.1. The van der Waals surface area contributed by atoms with Crippen molar-refractivity contribution >= 4 is 39.5 Å². The van der Waals surface area contributed by atoms with Crippen LogP contribution in [0.15, 0.2) is 0 Å². The molecule has 0 rings (SSSR count). The number of hydrogen-bond acceptors (Lipinski definition) is 15. The Bertz CT molecular complexity index is 1890. The van der Waals surface area contributed by atoms with Crippen molar-refractivity contribution in [3.8, 4) is 0 Å². The second-order valence-corrected chi connectivity index (χ2v) is 32.2. The molecule has 17 nitrogen and oxygen atoms in total. The molecule has 0 aromatic carbocycles. The molecule has 0 saturated carbocycles. The number of carbonyl (C=O) groups excluding carboxylic acids is 4. The maximum Gasteiger partial charge on any atom is 0.472 e. The van der Waals surface area contributed by atoms with Crippen LogP contribution in [0.3, 0.4) is 0 Å². The molecule has 0 aliphatic heterocycles. The van der Waals surface area contributed by atoms with Gasteiger partial charge in [0.15, 0.2) is 12.2 Å². The average molecular weight is 1420 g/mol. The molecule has 0 saturated heterocycles. The highest BCUT2D eigenvalue weighted by Crippen LogP contribution is 2.45. The number of aliphatic hydroxyl groups is 1. The van der Waals surface area contributed by atoms with E-state index in [1.54, 1.807) is 0 Å². The molecule has 0 heterocycles. The molecule has 3 unspecified atom stereocenters. The first kappa shape index (κ1) is 95.1. The molecular weight excluding hydrogens is 1270 g/mol. The lowest BCUT2D eigenvalue weighted by Crippen LogP contribution is -2.30. The molecule has 97 heavy (non-hydrogen) atoms. The van der Waals surface area contributed by atoms with Gasteiger partial charge in [-0.05, 0) is 43.4 Å². The van der Waals surface area contributed by atoms with Crippen LogP contribution < -0.4 is 0 Å². The fourth-order valence-electron chi connectivity index (χ4n) is 11.9. The highest BCUT2D eigenvalue weighted by molar-refractivity contribution is 7.47. The molecule has 0 bridgehead atoms. The number of ether oxygens (including phenoxy) is 4. The van der Waals surface area contributed by atoms with E-state index in [1.165, 1.54) is 212 Å². The number of phosphoric ester groups is 2. The van der Waals surface area contributed by atoms with Gasteiger partial charge in [-0.15, -0.1) is 0 Å². The van der Waals surface area contributed by atoms with Gasteiger partial charge < -0.3 is 33.8 Å². The lowest BCUT2D eigenvalue weighted by Gasteiger charge is -2.21. The summed E-state index contributed by atoms with van der Waals surface area (Å²) in [5, 5.41) is 10.6. The minimum atomic E-state index is -4.96. The van der Waals surface area contributed by atoms with Crippen LogP contribution in [-0.2, 0) is 65.4 Å². The van der Waals surface area contributed by atoms with E-state index in [-0.39, 0.29) is 25.7 Å². The van der Waals surface area contributed by atoms with Crippen molar-refractivity contribution in [3.63, 3.8) is 0 Å². The summed E-state index contributed by atoms with van der Waals surface area (Å²) in [4.78, 5) is 72.9. The Hall–Kier alpha value is -1.94. The third-order valence-electron chi connectivity index (χ3n) is 18.5. The summed E-state index contributed by atoms with van der Waals surface area (Å²) >= 11 is 0. The summed E-state index contributed by atoms with van der Waals surface area (Å²) in [6.45, 7) is 12.0. The topological polar surface area (TPSA) is 237 Å². The van der Waals surface area contributed by atoms with E-state index < -0.39 is 97.5 Å². The molecule has 0 amide bonds. The first-order valence-corrected chi connectivity index (χ1v) is 43.4. The van der Waals surface area contributed by atoms with Crippen LogP contribution in [0, 0.1) is 17.8 Å². The maximum atomic E-state index is 13.1. The van der Waals surface area contributed by atoms with Crippen LogP contribution in [0.4, 0.5) is 0 Å². The number of phosphoric acid groups is 2. The highest BCUT2D eigenvalue weighted by Gasteiger charge is 2.30. The normalized spacial score (nSPS) is 14.3. The average Bonchev–Trinajstić information content (AvgIpc) is 1.14. The van der Waals surface area contributed by atoms with Gasteiger partial charge in [-0.1, -0.05) is 350 Å². The predicted octanol–water partition coefficient (Wildman–Crippen LogP) is 23.0. The SMILES string of the molecule is CCCCCCCCCCCCCCCC(=O)OC[C@H](COP(=O)(O)OC[C@H](O)COP(=O)(O)OC[C@@H](COC(=O)CCCCCCCCCCCCC(C)C)OC(=O)CCCCCCCCCCCCCCCCC(C)CC)OC(=O)CCCCCCCCCCCCC(C)C. The Morgan fingerprint density at radius 1 is 0.299 bits per heavy atom. The number of esters is 4. The van der Waals surface area contributed by atoms with Crippen molar-refractivity contribution in [1.29, 1.82) is 0 Å². The van der Waals surface area contributed by atoms with Crippen molar-refractivity contribution in [1.82, 2.24) is 0 Å². The molecular formula is C78H152O17P2. The van der Waals surface area contributed by atoms with Gasteiger partial charge in [0.05, 0.1) is 26.4 Å². The van der Waals surface area contributed by atoms with Crippen molar-refractivity contribution in [2.24, 2.45) is 17.8 Å². The second-order valence-electron chi connectivity index (χ2n) is 29.3. The van der Waals surface area contributed by atoms with Crippen LogP contribution in [0.2, 0.25) is 0 Å². The van der Waals surface area contributed by atoms with Gasteiger partial charge in [-0.25, -0.2) is 9.13 Å². The summed E-state index contributed by atoms with van der Waals surface area (Å²) in [5.74, 6) is 0.243. The maximum absolute atomic E-state index is 13.1. The van der Waals surface area contributed by atoms with Crippen molar-refractivity contribution in [3.05, 3.63) is 0 Å². The van der Waals surface area contributed by atoms with E-state index in [4.69, 9.17) is 37.0 Å². The van der Waals surface area contributed by atoms with E-state index in [2.05, 4.69) is 48.5 Å². The largest absolute Gasteiger partial charge is 0.472 e. The smallest absolute Gasteiger partial charge is 0.462 e. The van der Waals surface area contributed by atoms with E-state index >= 15 is 0 Å². The zero-order valence-corrected chi connectivity index (χ0v) is 65.3. The Morgan fingerprint density at radius 2 is 0.526 bits per heavy atom. The Balaban J connectivity index is 5.26. The molecule has 0 spiro atoms. The molecule has 0 aliphatic rings. The Labute approximate surface area is 594 Å². The van der Waals surface area contributed by atoms with Crippen LogP contribution in [0.1, 0.15) is 402 Å². The molecule has 19 heteroatoms. The third-order valence-corrected chi connectivity index (χ3v) is 20.4. The van der Waals surface area contributed by atoms with Gasteiger partial charge in [-0.2, -0.15) is 0 Å². The van der Waals surface area contributed by atoms with Crippen LogP contribution >= 0.6 is 15.6 Å². The summed E-state index contributed by atoms with van der Waals surface area (Å²) in [6.07, 6.45) is 55.3. The van der Waals surface area contributed by atoms with Crippen LogP contribution in [-0.4, -0.2) is 96.7 Å². The first-order valence-electron chi connectivity index (χ1n) is 40.4. The summed E-state index contributed by atoms with van der Waals surface area (Å²) in [7, 11) is -9.92. The fraction of sp³-hybridized carbons (Fsp3) is 0.949. The molecule has 0 aliphatic carbocycles. The van der Waals surface area contributed by atoms with Gasteiger partial charge in [0, 0.05) is 25.7 Å². The number of hydrogen-bond donors (Lipinski definition) is 3. The minimum Gasteiger partial charge on any atom is -0.462 e. The lowest BCUT2D eigenvalue weighted by atomic mass is 9.99. The van der Waals surface area contributed by atoms with Crippen LogP contribution in [0.25, 0.3) is 0 Å². The lowest BCUT2D eigenvalue weighted by molar-refractivity contribution is -0.161. The minimum absolute atomic E-state index is 0.106. The molecule has 6 atom stereocenters. The monoisotopic (exact) mass is 1420 g/mol. The van der Waals surface area contributed by atoms with E-state index in [0.29, 0.717) is 25.7 Å². The van der Waals surface area contributed by atoms with E-state index in [1.807, 2.05) is 0 Å². The number of rotatable bonds is 76. The second kappa shape index (κ2) is 68.5. The fourth-order valence-corrected chi connectivity index (χ4v) is 13.5. The van der Waals surface area contributed by atoms with Gasteiger partial charge in [0.2, 0.25) is 0 Å². The molecule has 3 N–H and O–H groups in total. The molecule has 0 fully saturated rings. The molecule has 576 valence electrons. The van der Waals surface area contributed by atoms with E-state index in [9.17, 15) is 43.2 Å². The summed E-state index contributed by atoms with van der Waals surface area (Å²) < 4.78 is 68.6. The number of carbonyl (C=O) groups is 4. The molecule has 0 radical (unpaired) electrons. The number of unbranched alkanes of at least 4 members (excludes halogenated alkanes) is 43. The van der Waals surface area contributed by atoms with Crippen molar-refractivity contribution in [2.45, 2.75) is 420 Å². The van der Waals surface area contributed by atoms with Gasteiger partial charge in [-0.3, -0.25) is 37.3 Å². The first-order chi connectivity index (χ1) is 46.8. The summed E-state index contributed by atoms with van der Waals surface area (Å²) in [6, 6.07) is 0. The van der Waals surface area contributed by atoms with Gasteiger partial charge in [0.1, 0.15) is 19.3 Å². The van der Waals surface area contributed by atoms with Crippen molar-refractivity contribution < 1.29 is 80.2 Å². The zero-order valence-electron chi connectivity index (χ0n) is 63.5. The molecule has 0 aromatic rings. The standard InChI is InChI=1S/C78H152O17P2/c1-8-10-11-12-13-14-15-18-22-31-38-45-52-59-75(80)88-65-74(95-78(83)62-55-48-41-34-27-25-29-36-43-50-57-70(5)6)68-93-97(86,87)91-64-72(79)63-90-96(84,85)92-67-73(66-89-76(81)60-53-46-39-32-26-24-28-35-42-49-56-69(3)4)94-77(82)61-54-47-40-33-23-20-17-16-19-21-30-37-44-51-58-71(7)9-2/h69-74,79H,8-68H2,1-7H3,(H,84,85)(H,86,87)/t71?,72-,73-,74-/m1/s1. The Morgan fingerprint density at radius 3 is 0.784 bits per heavy atom. The highest BCUT2D eigenvalue weighted by atomic mass is 31.2. The zero-order chi connectivity index (χ0) is 71.6. The third kappa shape index (κ3) is 70.9.